The molecule has 0 spiro atoms. The molecule has 0 saturated carbocycles. The molecule has 7 heteroatoms. The number of pyridine rings is 2. The maximum atomic E-state index is 13.7. The monoisotopic (exact) mass is 412 g/mol. The summed E-state index contributed by atoms with van der Waals surface area (Å²) in [6, 6.07) is 18.9. The summed E-state index contributed by atoms with van der Waals surface area (Å²) in [6.07, 6.45) is 2.14. The number of hydrogen-bond donors (Lipinski definition) is 1. The molecule has 0 bridgehead atoms. The van der Waals surface area contributed by atoms with Gasteiger partial charge in [0.2, 0.25) is 0 Å². The maximum Gasteiger partial charge on any atom is 0.268 e. The zero-order valence-electron chi connectivity index (χ0n) is 17.1. The van der Waals surface area contributed by atoms with Gasteiger partial charge in [0.05, 0.1) is 31.0 Å². The van der Waals surface area contributed by atoms with Gasteiger partial charge in [0.15, 0.2) is 0 Å². The number of hydrogen-bond acceptors (Lipinski definition) is 5. The predicted molar refractivity (Wildman–Crippen MR) is 119 cm³/mol. The van der Waals surface area contributed by atoms with Crippen LogP contribution in [-0.4, -0.2) is 34.0 Å². The summed E-state index contributed by atoms with van der Waals surface area (Å²) in [5.41, 5.74) is 3.43. The van der Waals surface area contributed by atoms with Gasteiger partial charge in [-0.2, -0.15) is 5.10 Å². The Labute approximate surface area is 177 Å². The lowest BCUT2D eigenvalue weighted by molar-refractivity contribution is 0.391. The van der Waals surface area contributed by atoms with Gasteiger partial charge in [-0.15, -0.1) is 0 Å². The second-order valence-corrected chi connectivity index (χ2v) is 7.13. The lowest BCUT2D eigenvalue weighted by Crippen LogP contribution is -2.20. The minimum atomic E-state index is -0.163. The number of ether oxygens (including phenoxy) is 2. The molecule has 0 amide bonds. The van der Waals surface area contributed by atoms with Crippen LogP contribution in [0, 0.1) is 0 Å². The van der Waals surface area contributed by atoms with E-state index in [0.717, 1.165) is 22.3 Å². The van der Waals surface area contributed by atoms with Crippen molar-refractivity contribution in [1.29, 1.82) is 0 Å². The van der Waals surface area contributed by atoms with Crippen LogP contribution in [0.5, 0.6) is 11.5 Å². The van der Waals surface area contributed by atoms with Crippen LogP contribution in [0.2, 0.25) is 0 Å². The van der Waals surface area contributed by atoms with Crippen molar-refractivity contribution in [1.82, 2.24) is 19.7 Å². The van der Waals surface area contributed by atoms with Crippen molar-refractivity contribution >= 4 is 21.9 Å². The van der Waals surface area contributed by atoms with E-state index in [1.54, 1.807) is 25.0 Å². The number of benzene rings is 2. The highest BCUT2D eigenvalue weighted by Crippen LogP contribution is 2.29. The Bertz CT molecular complexity index is 1450. The summed E-state index contributed by atoms with van der Waals surface area (Å²) < 4.78 is 12.5. The molecule has 1 N–H and O–H groups in total. The van der Waals surface area contributed by atoms with Gasteiger partial charge < -0.3 is 9.47 Å². The fourth-order valence-corrected chi connectivity index (χ4v) is 3.90. The van der Waals surface area contributed by atoms with Crippen molar-refractivity contribution in [3.8, 4) is 17.2 Å². The van der Waals surface area contributed by atoms with Crippen molar-refractivity contribution in [2.45, 2.75) is 6.42 Å². The average molecular weight is 412 g/mol. The number of methoxy groups -OCH3 is 2. The Balaban J connectivity index is 1.76. The number of H-pyrrole nitrogens is 1. The molecule has 0 saturated heterocycles. The smallest absolute Gasteiger partial charge is 0.268 e. The largest absolute Gasteiger partial charge is 0.497 e. The first-order chi connectivity index (χ1) is 15.2. The topological polar surface area (TPSA) is 82.0 Å². The summed E-state index contributed by atoms with van der Waals surface area (Å²) in [5, 5.41) is 8.91. The van der Waals surface area contributed by atoms with E-state index in [2.05, 4.69) is 15.2 Å². The molecule has 3 aromatic heterocycles. The number of nitrogens with zero attached hydrogens (tertiary/aromatic N) is 3. The van der Waals surface area contributed by atoms with Crippen molar-refractivity contribution < 1.29 is 9.47 Å². The van der Waals surface area contributed by atoms with Crippen molar-refractivity contribution in [3.63, 3.8) is 0 Å². The summed E-state index contributed by atoms with van der Waals surface area (Å²) in [7, 11) is 3.23. The van der Waals surface area contributed by atoms with E-state index in [4.69, 9.17) is 9.47 Å². The van der Waals surface area contributed by atoms with Gasteiger partial charge in [-0.25, -0.2) is 4.98 Å². The molecule has 7 nitrogen and oxygen atoms in total. The number of rotatable bonds is 5. The third-order valence-electron chi connectivity index (χ3n) is 5.39. The predicted octanol–water partition coefficient (Wildman–Crippen LogP) is 3.87. The zero-order chi connectivity index (χ0) is 21.4. The van der Waals surface area contributed by atoms with Crippen molar-refractivity contribution in [3.05, 3.63) is 88.5 Å². The molecule has 154 valence electrons. The first kappa shape index (κ1) is 18.9. The van der Waals surface area contributed by atoms with E-state index in [-0.39, 0.29) is 5.56 Å². The van der Waals surface area contributed by atoms with Gasteiger partial charge in [-0.05, 0) is 30.3 Å². The van der Waals surface area contributed by atoms with E-state index >= 15 is 0 Å². The molecule has 0 radical (unpaired) electrons. The fraction of sp³-hybridized carbons (Fsp3) is 0.125. The van der Waals surface area contributed by atoms with Crippen molar-refractivity contribution in [2.24, 2.45) is 0 Å². The number of nitrogens with one attached hydrogen (secondary N) is 1. The molecule has 3 heterocycles. The van der Waals surface area contributed by atoms with Gasteiger partial charge in [0.25, 0.3) is 5.56 Å². The summed E-state index contributed by atoms with van der Waals surface area (Å²) in [6.45, 7) is 0. The third-order valence-corrected chi connectivity index (χ3v) is 5.39. The SMILES string of the molecule is COc1ccc(Cc2[nH]nc3c2c(=O)n(-c2ccccc2)c2ncccc32)c(OC)c1. The molecule has 2 aromatic carbocycles. The molecular weight excluding hydrogens is 392 g/mol. The standard InChI is InChI=1S/C24H20N4O3/c1-30-17-11-10-15(20(14-17)31-2)13-19-21-22(27-26-19)18-9-6-12-25-23(18)28(24(21)29)16-7-4-3-5-8-16/h3-12,14H,13H2,1-2H3,(H,26,27). The van der Waals surface area contributed by atoms with Crippen LogP contribution < -0.4 is 15.0 Å². The van der Waals surface area contributed by atoms with E-state index < -0.39 is 0 Å². The summed E-state index contributed by atoms with van der Waals surface area (Å²) in [5.74, 6) is 1.39. The fourth-order valence-electron chi connectivity index (χ4n) is 3.90. The Hall–Kier alpha value is -4.13. The van der Waals surface area contributed by atoms with Crippen LogP contribution in [-0.2, 0) is 6.42 Å². The van der Waals surface area contributed by atoms with Crippen LogP contribution in [0.4, 0.5) is 0 Å². The Morgan fingerprint density at radius 1 is 1.00 bits per heavy atom. The number of para-hydroxylation sites is 1. The van der Waals surface area contributed by atoms with Gasteiger partial charge in [0.1, 0.15) is 22.7 Å². The molecule has 31 heavy (non-hydrogen) atoms. The molecule has 0 fully saturated rings. The quantitative estimate of drug-likeness (QED) is 0.474. The summed E-state index contributed by atoms with van der Waals surface area (Å²) >= 11 is 0. The van der Waals surface area contributed by atoms with E-state index in [0.29, 0.717) is 34.5 Å². The lowest BCUT2D eigenvalue weighted by atomic mass is 10.0. The van der Waals surface area contributed by atoms with Crippen LogP contribution in [0.1, 0.15) is 11.3 Å². The van der Waals surface area contributed by atoms with Gasteiger partial charge >= 0.3 is 0 Å². The molecule has 5 rings (SSSR count). The lowest BCUT2D eigenvalue weighted by Gasteiger charge is -2.11. The molecule has 0 unspecified atom stereocenters. The van der Waals surface area contributed by atoms with Crippen molar-refractivity contribution in [2.75, 3.05) is 14.2 Å². The third kappa shape index (κ3) is 3.11. The highest BCUT2D eigenvalue weighted by Gasteiger charge is 2.19. The second kappa shape index (κ2) is 7.60. The van der Waals surface area contributed by atoms with Crippen LogP contribution in [0.15, 0.2) is 71.7 Å². The highest BCUT2D eigenvalue weighted by molar-refractivity contribution is 6.03. The van der Waals surface area contributed by atoms with Gasteiger partial charge in [0, 0.05) is 29.6 Å². The minimum absolute atomic E-state index is 0.163. The van der Waals surface area contributed by atoms with Gasteiger partial charge in [-0.1, -0.05) is 24.3 Å². The zero-order valence-corrected chi connectivity index (χ0v) is 17.1. The Kier molecular flexibility index (Phi) is 4.63. The second-order valence-electron chi connectivity index (χ2n) is 7.13. The first-order valence-electron chi connectivity index (χ1n) is 9.84. The molecule has 0 aliphatic rings. The number of fused-ring (bicyclic) bond motifs is 3. The average Bonchev–Trinajstić information content (AvgIpc) is 3.24. The Morgan fingerprint density at radius 2 is 1.84 bits per heavy atom. The minimum Gasteiger partial charge on any atom is -0.497 e. The number of aromatic nitrogens is 4. The Morgan fingerprint density at radius 3 is 2.61 bits per heavy atom. The molecule has 0 aliphatic carbocycles. The van der Waals surface area contributed by atoms with E-state index in [9.17, 15) is 4.79 Å². The first-order valence-corrected chi connectivity index (χ1v) is 9.84. The highest BCUT2D eigenvalue weighted by atomic mass is 16.5. The van der Waals surface area contributed by atoms with Crippen LogP contribution in [0.3, 0.4) is 0 Å². The molecule has 0 aliphatic heterocycles. The van der Waals surface area contributed by atoms with Gasteiger partial charge in [-0.3, -0.25) is 14.5 Å². The maximum absolute atomic E-state index is 13.7. The number of aromatic amines is 1. The summed E-state index contributed by atoms with van der Waals surface area (Å²) in [4.78, 5) is 18.2. The normalized spacial score (nSPS) is 11.2. The van der Waals surface area contributed by atoms with E-state index in [1.807, 2.05) is 60.7 Å². The van der Waals surface area contributed by atoms with Crippen LogP contribution >= 0.6 is 0 Å². The van der Waals surface area contributed by atoms with Crippen LogP contribution in [0.25, 0.3) is 27.6 Å². The molecule has 0 atom stereocenters. The molecule has 5 aromatic rings. The van der Waals surface area contributed by atoms with E-state index in [1.165, 1.54) is 0 Å². The molecular formula is C24H20N4O3.